The van der Waals surface area contributed by atoms with Gasteiger partial charge in [-0.2, -0.15) is 26.3 Å². The third-order valence-electron chi connectivity index (χ3n) is 8.97. The molecule has 0 saturated heterocycles. The lowest BCUT2D eigenvalue weighted by Crippen LogP contribution is -2.55. The summed E-state index contributed by atoms with van der Waals surface area (Å²) in [7, 11) is 0. The molecular formula is C28H34F6O3. The van der Waals surface area contributed by atoms with E-state index in [1.165, 1.54) is 5.57 Å². The summed E-state index contributed by atoms with van der Waals surface area (Å²) in [4.78, 5) is 0. The lowest BCUT2D eigenvalue weighted by molar-refractivity contribution is -0.347. The molecule has 0 spiro atoms. The second-order valence-corrected chi connectivity index (χ2v) is 11.4. The molecular weight excluding hydrogens is 498 g/mol. The van der Waals surface area contributed by atoms with Crippen molar-refractivity contribution in [2.45, 2.75) is 94.9 Å². The number of fused-ring (bicyclic) bond motifs is 1. The minimum absolute atomic E-state index is 0.00825. The predicted molar refractivity (Wildman–Crippen MR) is 127 cm³/mol. The Morgan fingerprint density at radius 2 is 1.70 bits per heavy atom. The molecule has 4 atom stereocenters. The van der Waals surface area contributed by atoms with Crippen LogP contribution in [-0.4, -0.2) is 45.5 Å². The van der Waals surface area contributed by atoms with Crippen molar-refractivity contribution in [3.05, 3.63) is 59.3 Å². The monoisotopic (exact) mass is 532 g/mol. The smallest absolute Gasteiger partial charge is 0.393 e. The summed E-state index contributed by atoms with van der Waals surface area (Å²) in [6.45, 7) is 6.08. The summed E-state index contributed by atoms with van der Waals surface area (Å²) in [5.74, 6) is 0.170. The summed E-state index contributed by atoms with van der Waals surface area (Å²) < 4.78 is 78.4. The van der Waals surface area contributed by atoms with Crippen LogP contribution in [0, 0.1) is 16.7 Å². The third kappa shape index (κ3) is 4.99. The Balaban J connectivity index is 1.53. The van der Waals surface area contributed by atoms with Crippen molar-refractivity contribution < 1.29 is 41.7 Å². The molecule has 37 heavy (non-hydrogen) atoms. The van der Waals surface area contributed by atoms with E-state index in [2.05, 4.69) is 19.6 Å². The van der Waals surface area contributed by atoms with Crippen LogP contribution in [0.1, 0.15) is 64.7 Å². The topological polar surface area (TPSA) is 60.7 Å². The third-order valence-corrected chi connectivity index (χ3v) is 8.97. The first-order valence-electron chi connectivity index (χ1n) is 12.7. The van der Waals surface area contributed by atoms with Crippen LogP contribution in [0.2, 0.25) is 0 Å². The summed E-state index contributed by atoms with van der Waals surface area (Å²) in [6, 6.07) is 0. The number of allylic oxidation sites excluding steroid dienone is 6. The molecule has 1 unspecified atom stereocenters. The molecule has 0 aromatic heterocycles. The van der Waals surface area contributed by atoms with E-state index < -0.39 is 35.6 Å². The summed E-state index contributed by atoms with van der Waals surface area (Å²) >= 11 is 0. The van der Waals surface area contributed by atoms with Crippen LogP contribution in [-0.2, 0) is 0 Å². The molecule has 3 fully saturated rings. The van der Waals surface area contributed by atoms with Crippen LogP contribution in [0.5, 0.6) is 0 Å². The van der Waals surface area contributed by atoms with Gasteiger partial charge in [0.25, 0.3) is 5.60 Å². The van der Waals surface area contributed by atoms with E-state index in [0.29, 0.717) is 24.8 Å². The highest BCUT2D eigenvalue weighted by Crippen LogP contribution is 2.67. The van der Waals surface area contributed by atoms with E-state index in [1.807, 2.05) is 12.2 Å². The van der Waals surface area contributed by atoms with Gasteiger partial charge in [-0.15, -0.1) is 0 Å². The molecule has 0 heterocycles. The number of alkyl halides is 6. The van der Waals surface area contributed by atoms with Gasteiger partial charge < -0.3 is 15.3 Å². The molecule has 3 nitrogen and oxygen atoms in total. The SMILES string of the molecule is C=C1/C(=C\C=C2/CCCC3(C)C(C4(C/C=C\C(O)(C(F)(F)F)C(F)(F)F)CC4)=CC[C@@H]23)C[C@@H](O)C[C@@H]1O. The molecule has 0 amide bonds. The van der Waals surface area contributed by atoms with Crippen LogP contribution in [0.15, 0.2) is 59.3 Å². The summed E-state index contributed by atoms with van der Waals surface area (Å²) in [5.41, 5.74) is -1.88. The van der Waals surface area contributed by atoms with Gasteiger partial charge in [0.05, 0.1) is 12.2 Å². The number of hydrogen-bond acceptors (Lipinski definition) is 3. The highest BCUT2D eigenvalue weighted by molar-refractivity contribution is 5.42. The van der Waals surface area contributed by atoms with Crippen molar-refractivity contribution in [1.82, 2.24) is 0 Å². The van der Waals surface area contributed by atoms with Gasteiger partial charge in [0.1, 0.15) is 0 Å². The van der Waals surface area contributed by atoms with Crippen molar-refractivity contribution >= 4 is 0 Å². The zero-order valence-electron chi connectivity index (χ0n) is 20.8. The molecule has 4 aliphatic carbocycles. The second kappa shape index (κ2) is 9.42. The van der Waals surface area contributed by atoms with Crippen molar-refractivity contribution in [2.24, 2.45) is 16.7 Å². The number of hydrogen-bond donors (Lipinski definition) is 3. The van der Waals surface area contributed by atoms with Gasteiger partial charge in [0, 0.05) is 6.42 Å². The number of aliphatic hydroxyl groups excluding tert-OH is 2. The molecule has 0 aliphatic heterocycles. The highest BCUT2D eigenvalue weighted by Gasteiger charge is 2.69. The van der Waals surface area contributed by atoms with Crippen LogP contribution >= 0.6 is 0 Å². The Morgan fingerprint density at radius 3 is 2.30 bits per heavy atom. The van der Waals surface area contributed by atoms with E-state index in [0.717, 1.165) is 42.9 Å². The fraction of sp³-hybridized carbons (Fsp3) is 0.643. The Bertz CT molecular complexity index is 1030. The van der Waals surface area contributed by atoms with Gasteiger partial charge in [-0.1, -0.05) is 49.0 Å². The highest BCUT2D eigenvalue weighted by atomic mass is 19.4. The first-order chi connectivity index (χ1) is 17.0. The Hall–Kier alpha value is -1.84. The minimum atomic E-state index is -5.87. The molecule has 9 heteroatoms. The molecule has 0 bridgehead atoms. The van der Waals surface area contributed by atoms with E-state index in [-0.39, 0.29) is 30.3 Å². The van der Waals surface area contributed by atoms with Crippen molar-refractivity contribution in [1.29, 1.82) is 0 Å². The summed E-state index contributed by atoms with van der Waals surface area (Å²) in [6.07, 6.45) is -0.907. The normalized spacial score (nSPS) is 34.8. The average molecular weight is 533 g/mol. The van der Waals surface area contributed by atoms with Crippen LogP contribution in [0.4, 0.5) is 26.3 Å². The zero-order valence-corrected chi connectivity index (χ0v) is 20.8. The molecule has 0 radical (unpaired) electrons. The second-order valence-electron chi connectivity index (χ2n) is 11.4. The van der Waals surface area contributed by atoms with Gasteiger partial charge in [0.15, 0.2) is 0 Å². The number of aliphatic hydroxyl groups is 3. The Kier molecular flexibility index (Phi) is 7.17. The zero-order chi connectivity index (χ0) is 27.4. The lowest BCUT2D eigenvalue weighted by Gasteiger charge is -2.43. The van der Waals surface area contributed by atoms with Crippen molar-refractivity contribution in [3.8, 4) is 0 Å². The van der Waals surface area contributed by atoms with E-state index >= 15 is 0 Å². The van der Waals surface area contributed by atoms with Gasteiger partial charge in [-0.05, 0) is 85.3 Å². The largest absolute Gasteiger partial charge is 0.429 e. The van der Waals surface area contributed by atoms with Gasteiger partial charge >= 0.3 is 12.4 Å². The maximum Gasteiger partial charge on any atom is 0.429 e. The van der Waals surface area contributed by atoms with Crippen LogP contribution in [0.3, 0.4) is 0 Å². The van der Waals surface area contributed by atoms with Gasteiger partial charge in [-0.3, -0.25) is 0 Å². The fourth-order valence-corrected chi connectivity index (χ4v) is 6.65. The maximum absolute atomic E-state index is 13.1. The molecule has 4 rings (SSSR count). The Morgan fingerprint density at radius 1 is 1.05 bits per heavy atom. The van der Waals surface area contributed by atoms with E-state index in [1.54, 1.807) is 0 Å². The van der Waals surface area contributed by atoms with Crippen molar-refractivity contribution in [2.75, 3.05) is 0 Å². The molecule has 0 aromatic carbocycles. The number of halogens is 6. The quantitative estimate of drug-likeness (QED) is 0.275. The fourth-order valence-electron chi connectivity index (χ4n) is 6.65. The molecule has 206 valence electrons. The van der Waals surface area contributed by atoms with Gasteiger partial charge in [-0.25, -0.2) is 0 Å². The van der Waals surface area contributed by atoms with E-state index in [4.69, 9.17) is 0 Å². The molecule has 3 saturated carbocycles. The first-order valence-corrected chi connectivity index (χ1v) is 12.7. The molecule has 0 aromatic rings. The Labute approximate surface area is 212 Å². The standard InChI is InChI=1S/C28H34F6O3/c1-17-19(15-20(35)16-22(17)36)7-6-18-5-3-10-24(2)21(18)8-9-23(24)25(13-14-25)11-4-12-26(37,27(29,30)31)28(32,33)34/h4,6-7,9,12,20-22,35-37H,1,3,5,8,10-11,13-16H2,2H3/b12-4-,18-6+,19-7-/t20-,21+,22+,24?/m1/s1. The molecule has 4 aliphatic rings. The molecule has 3 N–H and O–H groups in total. The lowest BCUT2D eigenvalue weighted by atomic mass is 9.61. The average Bonchev–Trinajstić information content (AvgIpc) is 3.46. The predicted octanol–water partition coefficient (Wildman–Crippen LogP) is 6.63. The van der Waals surface area contributed by atoms with E-state index in [9.17, 15) is 41.7 Å². The van der Waals surface area contributed by atoms with Gasteiger partial charge in [0.2, 0.25) is 0 Å². The maximum atomic E-state index is 13.1. The van der Waals surface area contributed by atoms with Crippen molar-refractivity contribution in [3.63, 3.8) is 0 Å². The van der Waals surface area contributed by atoms with Crippen LogP contribution in [0.25, 0.3) is 0 Å². The number of rotatable bonds is 5. The summed E-state index contributed by atoms with van der Waals surface area (Å²) in [5, 5.41) is 29.6. The minimum Gasteiger partial charge on any atom is -0.393 e. The van der Waals surface area contributed by atoms with Crippen LogP contribution < -0.4 is 0 Å². The first kappa shape index (κ1) is 28.2.